The van der Waals surface area contributed by atoms with Crippen LogP contribution in [-0.4, -0.2) is 78.5 Å². The van der Waals surface area contributed by atoms with Crippen molar-refractivity contribution in [2.75, 3.05) is 45.9 Å². The molecule has 10 heteroatoms. The second-order valence-electron chi connectivity index (χ2n) is 7.82. The summed E-state index contributed by atoms with van der Waals surface area (Å²) in [6.07, 6.45) is 1.61. The maximum absolute atomic E-state index is 13.2. The molecule has 3 rings (SSSR count). The number of nitrogens with one attached hydrogen (secondary N) is 1. The molecule has 0 spiro atoms. The van der Waals surface area contributed by atoms with E-state index in [1.807, 2.05) is 0 Å². The number of ether oxygens (including phenoxy) is 1. The first-order chi connectivity index (χ1) is 15.8. The molecule has 2 aliphatic rings. The average Bonchev–Trinajstić information content (AvgIpc) is 2.78. The van der Waals surface area contributed by atoms with Gasteiger partial charge >= 0.3 is 12.0 Å². The lowest BCUT2D eigenvalue weighted by Crippen LogP contribution is -2.53. The first-order valence-electron chi connectivity index (χ1n) is 10.8. The molecular formula is C23H28Cl2N4O4. The van der Waals surface area contributed by atoms with Crippen molar-refractivity contribution in [2.24, 2.45) is 0 Å². The predicted octanol–water partition coefficient (Wildman–Crippen LogP) is 3.23. The van der Waals surface area contributed by atoms with Gasteiger partial charge in [-0.15, -0.1) is 6.58 Å². The van der Waals surface area contributed by atoms with Crippen LogP contribution in [0.1, 0.15) is 25.5 Å². The highest BCUT2D eigenvalue weighted by atomic mass is 35.5. The van der Waals surface area contributed by atoms with Gasteiger partial charge in [-0.25, -0.2) is 9.59 Å². The normalized spacial score (nSPS) is 19.4. The Hall–Kier alpha value is -2.55. The molecule has 0 aromatic heterocycles. The van der Waals surface area contributed by atoms with Crippen LogP contribution in [0.25, 0.3) is 0 Å². The second kappa shape index (κ2) is 11.0. The summed E-state index contributed by atoms with van der Waals surface area (Å²) in [5.41, 5.74) is 1.51. The van der Waals surface area contributed by atoms with Crippen molar-refractivity contribution in [3.63, 3.8) is 0 Å². The van der Waals surface area contributed by atoms with E-state index in [2.05, 4.69) is 16.8 Å². The summed E-state index contributed by atoms with van der Waals surface area (Å²) in [6, 6.07) is 3.90. The van der Waals surface area contributed by atoms with Crippen LogP contribution in [0.4, 0.5) is 4.79 Å². The third-order valence-electron chi connectivity index (χ3n) is 5.71. The van der Waals surface area contributed by atoms with Crippen LogP contribution in [0.15, 0.2) is 42.1 Å². The number of esters is 1. The monoisotopic (exact) mass is 494 g/mol. The molecular weight excluding hydrogens is 467 g/mol. The molecule has 0 bridgehead atoms. The number of piperazine rings is 1. The van der Waals surface area contributed by atoms with Gasteiger partial charge in [-0.3, -0.25) is 14.6 Å². The smallest absolute Gasteiger partial charge is 0.338 e. The van der Waals surface area contributed by atoms with Gasteiger partial charge in [0.1, 0.15) is 0 Å². The molecule has 3 amide bonds. The van der Waals surface area contributed by atoms with Crippen molar-refractivity contribution in [3.8, 4) is 0 Å². The lowest BCUT2D eigenvalue weighted by molar-refractivity contribution is -0.139. The van der Waals surface area contributed by atoms with Crippen LogP contribution in [0.2, 0.25) is 10.0 Å². The minimum atomic E-state index is -0.749. The van der Waals surface area contributed by atoms with Crippen molar-refractivity contribution in [1.82, 2.24) is 20.0 Å². The molecule has 1 fully saturated rings. The molecule has 0 radical (unpaired) electrons. The van der Waals surface area contributed by atoms with Crippen molar-refractivity contribution < 1.29 is 19.1 Å². The van der Waals surface area contributed by atoms with Gasteiger partial charge in [0.05, 0.1) is 28.3 Å². The summed E-state index contributed by atoms with van der Waals surface area (Å²) in [7, 11) is 0. The van der Waals surface area contributed by atoms with Gasteiger partial charge in [-0.2, -0.15) is 0 Å². The minimum absolute atomic E-state index is 0.0334. The molecule has 2 heterocycles. The van der Waals surface area contributed by atoms with Crippen LogP contribution < -0.4 is 5.32 Å². The van der Waals surface area contributed by atoms with E-state index in [1.54, 1.807) is 43.0 Å². The van der Waals surface area contributed by atoms with Crippen LogP contribution in [0.3, 0.4) is 0 Å². The van der Waals surface area contributed by atoms with Crippen LogP contribution in [0, 0.1) is 0 Å². The number of carbonyl (C=O) groups excluding carboxylic acids is 3. The summed E-state index contributed by atoms with van der Waals surface area (Å²) in [6.45, 7) is 10.2. The number of nitrogens with zero attached hydrogens (tertiary/aromatic N) is 3. The van der Waals surface area contributed by atoms with Gasteiger partial charge in [0.15, 0.2) is 0 Å². The van der Waals surface area contributed by atoms with E-state index in [9.17, 15) is 14.4 Å². The van der Waals surface area contributed by atoms with E-state index in [1.165, 1.54) is 4.90 Å². The summed E-state index contributed by atoms with van der Waals surface area (Å²) >= 11 is 12.3. The van der Waals surface area contributed by atoms with E-state index < -0.39 is 12.0 Å². The first kappa shape index (κ1) is 25.1. The zero-order valence-electron chi connectivity index (χ0n) is 18.8. The van der Waals surface area contributed by atoms with Crippen molar-refractivity contribution in [1.29, 1.82) is 0 Å². The maximum atomic E-state index is 13.2. The molecule has 1 aromatic rings. The molecule has 1 N–H and O–H groups in total. The number of hydrogen-bond acceptors (Lipinski definition) is 5. The zero-order chi connectivity index (χ0) is 24.1. The highest BCUT2D eigenvalue weighted by Crippen LogP contribution is 2.34. The molecule has 0 aliphatic carbocycles. The lowest BCUT2D eigenvalue weighted by atomic mass is 9.94. The van der Waals surface area contributed by atoms with Gasteiger partial charge in [-0.1, -0.05) is 35.3 Å². The molecule has 178 valence electrons. The Balaban J connectivity index is 2.05. The molecule has 1 atom stereocenters. The Bertz CT molecular complexity index is 973. The van der Waals surface area contributed by atoms with E-state index in [4.69, 9.17) is 27.9 Å². The maximum Gasteiger partial charge on any atom is 0.338 e. The number of hydrogen-bond donors (Lipinski definition) is 1. The Morgan fingerprint density at radius 1 is 1.21 bits per heavy atom. The molecule has 0 saturated carbocycles. The minimum Gasteiger partial charge on any atom is -0.463 e. The number of halogens is 2. The van der Waals surface area contributed by atoms with E-state index >= 15 is 0 Å². The third-order valence-corrected chi connectivity index (χ3v) is 6.45. The third kappa shape index (κ3) is 5.69. The number of amides is 3. The molecule has 0 unspecified atom stereocenters. The van der Waals surface area contributed by atoms with E-state index in [0.717, 1.165) is 0 Å². The number of urea groups is 1. The zero-order valence-corrected chi connectivity index (χ0v) is 20.3. The van der Waals surface area contributed by atoms with Crippen molar-refractivity contribution in [2.45, 2.75) is 19.9 Å². The fourth-order valence-electron chi connectivity index (χ4n) is 4.02. The first-order valence-corrected chi connectivity index (χ1v) is 11.5. The summed E-state index contributed by atoms with van der Waals surface area (Å²) in [5.74, 6) is -0.480. The SMILES string of the molecule is C=CCN1C(=O)N[C@@H](c2ccc(Cl)c(Cl)c2)C(C(=O)OCC)=C1CN1CCN(C(C)=O)CC1. The average molecular weight is 495 g/mol. The highest BCUT2D eigenvalue weighted by molar-refractivity contribution is 6.42. The van der Waals surface area contributed by atoms with Gasteiger partial charge in [0, 0.05) is 51.9 Å². The molecule has 1 aromatic carbocycles. The number of benzene rings is 1. The van der Waals surface area contributed by atoms with Crippen LogP contribution in [-0.2, 0) is 14.3 Å². The Kier molecular flexibility index (Phi) is 8.40. The largest absolute Gasteiger partial charge is 0.463 e. The van der Waals surface area contributed by atoms with Gasteiger partial charge in [0.25, 0.3) is 0 Å². The number of carbonyl (C=O) groups is 3. The van der Waals surface area contributed by atoms with E-state index in [-0.39, 0.29) is 25.1 Å². The molecule has 2 aliphatic heterocycles. The fourth-order valence-corrected chi connectivity index (χ4v) is 4.33. The highest BCUT2D eigenvalue weighted by Gasteiger charge is 2.39. The Morgan fingerprint density at radius 3 is 2.48 bits per heavy atom. The van der Waals surface area contributed by atoms with Crippen molar-refractivity contribution in [3.05, 3.63) is 57.7 Å². The fraction of sp³-hybridized carbons (Fsp3) is 0.435. The van der Waals surface area contributed by atoms with Gasteiger partial charge < -0.3 is 15.0 Å². The Labute approximate surface area is 203 Å². The topological polar surface area (TPSA) is 82.2 Å². The van der Waals surface area contributed by atoms with Crippen molar-refractivity contribution >= 4 is 41.1 Å². The molecule has 8 nitrogen and oxygen atoms in total. The number of rotatable bonds is 7. The lowest BCUT2D eigenvalue weighted by Gasteiger charge is -2.40. The van der Waals surface area contributed by atoms with Crippen LogP contribution >= 0.6 is 23.2 Å². The molecule has 33 heavy (non-hydrogen) atoms. The van der Waals surface area contributed by atoms with Crippen LogP contribution in [0.5, 0.6) is 0 Å². The summed E-state index contributed by atoms with van der Waals surface area (Å²) in [5, 5.41) is 3.60. The van der Waals surface area contributed by atoms with Gasteiger partial charge in [0.2, 0.25) is 5.91 Å². The Morgan fingerprint density at radius 2 is 1.91 bits per heavy atom. The van der Waals surface area contributed by atoms with E-state index in [0.29, 0.717) is 59.6 Å². The summed E-state index contributed by atoms with van der Waals surface area (Å²) < 4.78 is 5.39. The molecule has 1 saturated heterocycles. The van der Waals surface area contributed by atoms with Gasteiger partial charge in [-0.05, 0) is 24.6 Å². The standard InChI is InChI=1S/C23H28Cl2N4O4/c1-4-8-29-19(14-27-9-11-28(12-10-27)15(3)30)20(22(31)33-5-2)21(26-23(29)32)16-6-7-17(24)18(25)13-16/h4,6-7,13,21H,1,5,8-12,14H2,2-3H3,(H,26,32)/t21-/m0/s1. The quantitative estimate of drug-likeness (QED) is 0.464. The predicted molar refractivity (Wildman–Crippen MR) is 127 cm³/mol. The summed E-state index contributed by atoms with van der Waals surface area (Å²) in [4.78, 5) is 43.4. The second-order valence-corrected chi connectivity index (χ2v) is 8.63.